The molecule has 0 radical (unpaired) electrons. The van der Waals surface area contributed by atoms with Crippen LogP contribution in [0.15, 0.2) is 18.2 Å². The third-order valence-electron chi connectivity index (χ3n) is 2.88. The first-order valence-electron chi connectivity index (χ1n) is 5.23. The molecule has 1 aliphatic rings. The van der Waals surface area contributed by atoms with Gasteiger partial charge in [0.1, 0.15) is 11.6 Å². The molecule has 1 heterocycles. The number of hydrogen-bond acceptors (Lipinski definition) is 2. The Kier molecular flexibility index (Phi) is 3.23. The van der Waals surface area contributed by atoms with Crippen LogP contribution in [0, 0.1) is 11.6 Å². The molecule has 4 nitrogen and oxygen atoms in total. The van der Waals surface area contributed by atoms with Crippen LogP contribution in [0.25, 0.3) is 0 Å². The van der Waals surface area contributed by atoms with Crippen molar-refractivity contribution in [3.63, 3.8) is 0 Å². The summed E-state index contributed by atoms with van der Waals surface area (Å²) >= 11 is 0. The molecular weight excluding hydrogens is 230 g/mol. The Morgan fingerprint density at radius 2 is 2.18 bits per heavy atom. The van der Waals surface area contributed by atoms with Gasteiger partial charge in [0, 0.05) is 19.0 Å². The molecule has 2 atom stereocenters. The summed E-state index contributed by atoms with van der Waals surface area (Å²) in [6, 6.07) is 2.77. The van der Waals surface area contributed by atoms with E-state index in [1.807, 2.05) is 0 Å². The molecule has 3 N–H and O–H groups in total. The maximum absolute atomic E-state index is 13.6. The Morgan fingerprint density at radius 1 is 1.41 bits per heavy atom. The summed E-state index contributed by atoms with van der Waals surface area (Å²) < 4.78 is 26.6. The van der Waals surface area contributed by atoms with Gasteiger partial charge < -0.3 is 15.7 Å². The predicted molar refractivity (Wildman–Crippen MR) is 56.9 cm³/mol. The van der Waals surface area contributed by atoms with Gasteiger partial charge in [0.05, 0.1) is 6.04 Å². The zero-order valence-corrected chi connectivity index (χ0v) is 8.91. The predicted octanol–water partition coefficient (Wildman–Crippen LogP) is 1.29. The second-order valence-electron chi connectivity index (χ2n) is 3.99. The fourth-order valence-corrected chi connectivity index (χ4v) is 2.11. The van der Waals surface area contributed by atoms with Gasteiger partial charge in [-0.15, -0.1) is 0 Å². The lowest BCUT2D eigenvalue weighted by molar-refractivity contribution is 0.189. The van der Waals surface area contributed by atoms with E-state index in [4.69, 9.17) is 5.11 Å². The summed E-state index contributed by atoms with van der Waals surface area (Å²) in [5.41, 5.74) is 0.203. The molecule has 2 rings (SSSR count). The van der Waals surface area contributed by atoms with Gasteiger partial charge in [-0.05, 0) is 23.8 Å². The van der Waals surface area contributed by atoms with E-state index in [2.05, 4.69) is 10.6 Å². The summed E-state index contributed by atoms with van der Waals surface area (Å²) in [5, 5.41) is 13.9. The minimum absolute atomic E-state index is 0.203. The molecule has 0 unspecified atom stereocenters. The standard InChI is InChI=1S/C11H12F2N2O2/c12-6-1-2-9(13)7(3-6)8-4-14-5-10(8)15-11(16)17/h1-3,8,10,14-15H,4-5H2,(H,16,17)/t8-,10+/m0/s1. The molecular formula is C11H12F2N2O2. The number of carbonyl (C=O) groups is 1. The lowest BCUT2D eigenvalue weighted by Crippen LogP contribution is -2.38. The summed E-state index contributed by atoms with van der Waals surface area (Å²) in [7, 11) is 0. The van der Waals surface area contributed by atoms with E-state index in [1.165, 1.54) is 0 Å². The lowest BCUT2D eigenvalue weighted by Gasteiger charge is -2.19. The Labute approximate surface area is 96.6 Å². The smallest absolute Gasteiger partial charge is 0.404 e. The molecule has 92 valence electrons. The largest absolute Gasteiger partial charge is 0.465 e. The number of benzene rings is 1. The number of carboxylic acid groups (broad SMARTS) is 1. The van der Waals surface area contributed by atoms with E-state index in [9.17, 15) is 13.6 Å². The van der Waals surface area contributed by atoms with E-state index in [0.717, 1.165) is 18.2 Å². The first-order chi connectivity index (χ1) is 8.08. The van der Waals surface area contributed by atoms with Crippen LogP contribution in [-0.4, -0.2) is 30.3 Å². The lowest BCUT2D eigenvalue weighted by atomic mass is 9.94. The Balaban J connectivity index is 2.25. The molecule has 0 bridgehead atoms. The topological polar surface area (TPSA) is 61.4 Å². The third-order valence-corrected chi connectivity index (χ3v) is 2.88. The molecule has 1 saturated heterocycles. The number of halogens is 2. The molecule has 1 aromatic carbocycles. The molecule has 6 heteroatoms. The summed E-state index contributed by atoms with van der Waals surface area (Å²) in [4.78, 5) is 10.6. The third kappa shape index (κ3) is 2.52. The van der Waals surface area contributed by atoms with Gasteiger partial charge in [-0.1, -0.05) is 0 Å². The van der Waals surface area contributed by atoms with Gasteiger partial charge in [0.2, 0.25) is 0 Å². The van der Waals surface area contributed by atoms with Crippen LogP contribution in [0.2, 0.25) is 0 Å². The SMILES string of the molecule is O=C(O)N[C@@H]1CNC[C@H]1c1cc(F)ccc1F. The van der Waals surface area contributed by atoms with Crippen molar-refractivity contribution < 1.29 is 18.7 Å². The van der Waals surface area contributed by atoms with Crippen molar-refractivity contribution in [1.82, 2.24) is 10.6 Å². The van der Waals surface area contributed by atoms with Crippen molar-refractivity contribution in [2.75, 3.05) is 13.1 Å². The Bertz CT molecular complexity index is 439. The average Bonchev–Trinajstić information content (AvgIpc) is 2.69. The molecule has 1 aliphatic heterocycles. The van der Waals surface area contributed by atoms with Crippen LogP contribution in [-0.2, 0) is 0 Å². The summed E-state index contributed by atoms with van der Waals surface area (Å²) in [6.45, 7) is 0.832. The highest BCUT2D eigenvalue weighted by molar-refractivity contribution is 5.65. The van der Waals surface area contributed by atoms with Crippen molar-refractivity contribution >= 4 is 6.09 Å². The van der Waals surface area contributed by atoms with Crippen molar-refractivity contribution in [1.29, 1.82) is 0 Å². The van der Waals surface area contributed by atoms with Gasteiger partial charge in [-0.3, -0.25) is 0 Å². The normalized spacial score (nSPS) is 23.6. The quantitative estimate of drug-likeness (QED) is 0.732. The van der Waals surface area contributed by atoms with E-state index in [-0.39, 0.29) is 11.5 Å². The van der Waals surface area contributed by atoms with E-state index < -0.39 is 23.8 Å². The maximum atomic E-state index is 13.6. The van der Waals surface area contributed by atoms with Gasteiger partial charge in [-0.25, -0.2) is 13.6 Å². The van der Waals surface area contributed by atoms with Crippen LogP contribution >= 0.6 is 0 Å². The molecule has 1 aromatic rings. The molecule has 17 heavy (non-hydrogen) atoms. The number of hydrogen-bond donors (Lipinski definition) is 3. The van der Waals surface area contributed by atoms with Crippen LogP contribution in [0.4, 0.5) is 13.6 Å². The fourth-order valence-electron chi connectivity index (χ4n) is 2.11. The van der Waals surface area contributed by atoms with Crippen LogP contribution < -0.4 is 10.6 Å². The van der Waals surface area contributed by atoms with Gasteiger partial charge in [0.15, 0.2) is 0 Å². The Morgan fingerprint density at radius 3 is 2.88 bits per heavy atom. The van der Waals surface area contributed by atoms with E-state index in [0.29, 0.717) is 13.1 Å². The second kappa shape index (κ2) is 4.67. The molecule has 0 spiro atoms. The number of amides is 1. The molecule has 0 aromatic heterocycles. The summed E-state index contributed by atoms with van der Waals surface area (Å²) in [5.74, 6) is -1.43. The first-order valence-corrected chi connectivity index (χ1v) is 5.23. The maximum Gasteiger partial charge on any atom is 0.404 e. The van der Waals surface area contributed by atoms with Crippen LogP contribution in [0.5, 0.6) is 0 Å². The van der Waals surface area contributed by atoms with Crippen LogP contribution in [0.3, 0.4) is 0 Å². The number of rotatable bonds is 2. The van der Waals surface area contributed by atoms with Gasteiger partial charge >= 0.3 is 6.09 Å². The van der Waals surface area contributed by atoms with E-state index in [1.54, 1.807) is 0 Å². The zero-order chi connectivity index (χ0) is 12.4. The fraction of sp³-hybridized carbons (Fsp3) is 0.364. The highest BCUT2D eigenvalue weighted by Gasteiger charge is 2.31. The minimum atomic E-state index is -1.17. The zero-order valence-electron chi connectivity index (χ0n) is 8.91. The monoisotopic (exact) mass is 242 g/mol. The highest BCUT2D eigenvalue weighted by Crippen LogP contribution is 2.26. The average molecular weight is 242 g/mol. The van der Waals surface area contributed by atoms with Crippen molar-refractivity contribution in [2.24, 2.45) is 0 Å². The van der Waals surface area contributed by atoms with Crippen molar-refractivity contribution in [2.45, 2.75) is 12.0 Å². The van der Waals surface area contributed by atoms with Crippen LogP contribution in [0.1, 0.15) is 11.5 Å². The molecule has 1 amide bonds. The van der Waals surface area contributed by atoms with Gasteiger partial charge in [-0.2, -0.15) is 0 Å². The summed E-state index contributed by atoms with van der Waals surface area (Å²) in [6.07, 6.45) is -1.17. The van der Waals surface area contributed by atoms with Crippen molar-refractivity contribution in [3.8, 4) is 0 Å². The van der Waals surface area contributed by atoms with Gasteiger partial charge in [0.25, 0.3) is 0 Å². The second-order valence-corrected chi connectivity index (χ2v) is 3.99. The highest BCUT2D eigenvalue weighted by atomic mass is 19.1. The molecule has 0 aliphatic carbocycles. The molecule has 0 saturated carbocycles. The van der Waals surface area contributed by atoms with E-state index >= 15 is 0 Å². The molecule has 1 fully saturated rings. The Hall–Kier alpha value is -1.69. The first kappa shape index (κ1) is 11.8. The number of nitrogens with one attached hydrogen (secondary N) is 2. The minimum Gasteiger partial charge on any atom is -0.465 e. The van der Waals surface area contributed by atoms with Crippen molar-refractivity contribution in [3.05, 3.63) is 35.4 Å².